The van der Waals surface area contributed by atoms with Gasteiger partial charge >= 0.3 is 0 Å². The van der Waals surface area contributed by atoms with Gasteiger partial charge in [0.15, 0.2) is 11.7 Å². The highest BCUT2D eigenvalue weighted by Crippen LogP contribution is 2.23. The number of hydrogen-bond acceptors (Lipinski definition) is 3. The number of aromatic nitrogens is 2. The summed E-state index contributed by atoms with van der Waals surface area (Å²) in [7, 11) is 0. The maximum atomic E-state index is 8.69. The summed E-state index contributed by atoms with van der Waals surface area (Å²) in [6, 6.07) is 5.22. The van der Waals surface area contributed by atoms with Crippen molar-refractivity contribution in [2.45, 2.75) is 0 Å². The van der Waals surface area contributed by atoms with E-state index in [4.69, 9.17) is 22.5 Å². The molecule has 0 unspecified atom stereocenters. The Hall–Kier alpha value is -1.53. The molecule has 0 atom stereocenters. The van der Waals surface area contributed by atoms with Crippen molar-refractivity contribution in [1.29, 1.82) is 0 Å². The van der Waals surface area contributed by atoms with Gasteiger partial charge in [-0.3, -0.25) is 4.57 Å². The zero-order valence-electron chi connectivity index (χ0n) is 8.51. The summed E-state index contributed by atoms with van der Waals surface area (Å²) in [5.41, 5.74) is 6.11. The fourth-order valence-electron chi connectivity index (χ4n) is 1.41. The number of pyridine rings is 1. The average molecular weight is 316 g/mol. The van der Waals surface area contributed by atoms with Crippen LogP contribution in [0.4, 0.5) is 0 Å². The number of oxime groups is 1. The standard InChI is InChI=1S/C10H8BrClN4O/c11-7-4-6(12)5-14-10(7)16-3-1-2-8(16)9(13)15-17/h1-5,17H,(H2,13,15). The van der Waals surface area contributed by atoms with E-state index in [1.807, 2.05) is 0 Å². The summed E-state index contributed by atoms with van der Waals surface area (Å²) < 4.78 is 2.41. The van der Waals surface area contributed by atoms with Crippen molar-refractivity contribution < 1.29 is 5.21 Å². The number of nitrogens with two attached hydrogens (primary N) is 1. The fourth-order valence-corrected chi connectivity index (χ4v) is 2.24. The molecule has 0 aliphatic rings. The van der Waals surface area contributed by atoms with Crippen LogP contribution in [0.3, 0.4) is 0 Å². The number of halogens is 2. The Morgan fingerprint density at radius 2 is 2.35 bits per heavy atom. The van der Waals surface area contributed by atoms with E-state index >= 15 is 0 Å². The molecule has 0 spiro atoms. The highest BCUT2D eigenvalue weighted by Gasteiger charge is 2.11. The quantitative estimate of drug-likeness (QED) is 0.387. The lowest BCUT2D eigenvalue weighted by atomic mass is 10.4. The van der Waals surface area contributed by atoms with Crippen molar-refractivity contribution in [3.63, 3.8) is 0 Å². The van der Waals surface area contributed by atoms with E-state index < -0.39 is 0 Å². The summed E-state index contributed by atoms with van der Waals surface area (Å²) >= 11 is 9.18. The Kier molecular flexibility index (Phi) is 3.35. The first-order valence-electron chi connectivity index (χ1n) is 4.60. The molecule has 0 bridgehead atoms. The molecule has 88 valence electrons. The summed E-state index contributed by atoms with van der Waals surface area (Å²) in [6.07, 6.45) is 3.28. The highest BCUT2D eigenvalue weighted by atomic mass is 79.9. The number of hydrogen-bond donors (Lipinski definition) is 2. The molecule has 0 saturated carbocycles. The van der Waals surface area contributed by atoms with Crippen LogP contribution in [0.5, 0.6) is 0 Å². The van der Waals surface area contributed by atoms with Crippen LogP contribution >= 0.6 is 27.5 Å². The van der Waals surface area contributed by atoms with Gasteiger partial charge in [0.25, 0.3) is 0 Å². The molecule has 3 N–H and O–H groups in total. The van der Waals surface area contributed by atoms with Gasteiger partial charge in [-0.2, -0.15) is 0 Å². The summed E-state index contributed by atoms with van der Waals surface area (Å²) in [5.74, 6) is 0.625. The van der Waals surface area contributed by atoms with E-state index in [1.54, 1.807) is 29.0 Å². The van der Waals surface area contributed by atoms with Crippen LogP contribution in [0.1, 0.15) is 5.69 Å². The van der Waals surface area contributed by atoms with Crippen molar-refractivity contribution in [2.75, 3.05) is 0 Å². The van der Waals surface area contributed by atoms with Crippen LogP contribution in [0, 0.1) is 0 Å². The molecular weight excluding hydrogens is 307 g/mol. The van der Waals surface area contributed by atoms with Crippen LogP contribution in [-0.4, -0.2) is 20.6 Å². The van der Waals surface area contributed by atoms with Gasteiger partial charge < -0.3 is 10.9 Å². The van der Waals surface area contributed by atoms with E-state index in [9.17, 15) is 0 Å². The van der Waals surface area contributed by atoms with Crippen molar-refractivity contribution in [1.82, 2.24) is 9.55 Å². The minimum absolute atomic E-state index is 0.0126. The van der Waals surface area contributed by atoms with E-state index in [2.05, 4.69) is 26.1 Å². The Bertz CT molecular complexity index is 581. The number of nitrogens with zero attached hydrogens (tertiary/aromatic N) is 3. The third-order valence-electron chi connectivity index (χ3n) is 2.14. The zero-order chi connectivity index (χ0) is 12.4. The van der Waals surface area contributed by atoms with E-state index in [1.165, 1.54) is 6.20 Å². The highest BCUT2D eigenvalue weighted by molar-refractivity contribution is 9.10. The van der Waals surface area contributed by atoms with Crippen LogP contribution in [0.2, 0.25) is 5.02 Å². The van der Waals surface area contributed by atoms with E-state index in [0.29, 0.717) is 21.0 Å². The smallest absolute Gasteiger partial charge is 0.187 e. The van der Waals surface area contributed by atoms with E-state index in [0.717, 1.165) is 0 Å². The first-order valence-corrected chi connectivity index (χ1v) is 5.77. The predicted molar refractivity (Wildman–Crippen MR) is 68.8 cm³/mol. The van der Waals surface area contributed by atoms with Crippen LogP contribution < -0.4 is 5.73 Å². The lowest BCUT2D eigenvalue weighted by Crippen LogP contribution is -2.18. The average Bonchev–Trinajstić information content (AvgIpc) is 2.77. The van der Waals surface area contributed by atoms with Gasteiger partial charge in [-0.25, -0.2) is 4.98 Å². The molecule has 2 heterocycles. The van der Waals surface area contributed by atoms with Gasteiger partial charge in [-0.05, 0) is 34.1 Å². The van der Waals surface area contributed by atoms with Crippen LogP contribution in [0.25, 0.3) is 5.82 Å². The second kappa shape index (κ2) is 4.77. The fraction of sp³-hybridized carbons (Fsp3) is 0. The lowest BCUT2D eigenvalue weighted by molar-refractivity contribution is 0.318. The van der Waals surface area contributed by atoms with Gasteiger partial charge in [0, 0.05) is 12.4 Å². The second-order valence-electron chi connectivity index (χ2n) is 3.21. The van der Waals surface area contributed by atoms with Gasteiger partial charge in [0.2, 0.25) is 0 Å². The van der Waals surface area contributed by atoms with Crippen LogP contribution in [0.15, 0.2) is 40.2 Å². The third kappa shape index (κ3) is 2.27. The molecule has 0 aromatic carbocycles. The molecule has 0 aliphatic carbocycles. The molecule has 0 saturated heterocycles. The lowest BCUT2D eigenvalue weighted by Gasteiger charge is -2.09. The minimum atomic E-state index is 0.0126. The second-order valence-corrected chi connectivity index (χ2v) is 4.50. The first kappa shape index (κ1) is 11.9. The Labute approximate surface area is 111 Å². The molecule has 7 heteroatoms. The van der Waals surface area contributed by atoms with E-state index in [-0.39, 0.29) is 5.84 Å². The minimum Gasteiger partial charge on any atom is -0.409 e. The van der Waals surface area contributed by atoms with Crippen LogP contribution in [-0.2, 0) is 0 Å². The molecule has 0 radical (unpaired) electrons. The predicted octanol–water partition coefficient (Wildman–Crippen LogP) is 2.38. The molecule has 2 aromatic rings. The topological polar surface area (TPSA) is 76.4 Å². The summed E-state index contributed by atoms with van der Waals surface area (Å²) in [5, 5.41) is 12.2. The van der Waals surface area contributed by atoms with Gasteiger partial charge in [0.05, 0.1) is 15.2 Å². The van der Waals surface area contributed by atoms with Gasteiger partial charge in [-0.15, -0.1) is 0 Å². The monoisotopic (exact) mass is 314 g/mol. The van der Waals surface area contributed by atoms with Crippen molar-refractivity contribution >= 4 is 33.4 Å². The number of amidine groups is 1. The largest absolute Gasteiger partial charge is 0.409 e. The molecule has 0 amide bonds. The molecule has 0 fully saturated rings. The van der Waals surface area contributed by atoms with Crippen molar-refractivity contribution in [3.8, 4) is 5.82 Å². The maximum absolute atomic E-state index is 8.69. The normalized spacial score (nSPS) is 11.8. The Morgan fingerprint density at radius 1 is 1.59 bits per heavy atom. The maximum Gasteiger partial charge on any atom is 0.187 e. The SMILES string of the molecule is N/C(=N/O)c1cccn1-c1ncc(Cl)cc1Br. The molecule has 2 rings (SSSR count). The molecular formula is C10H8BrClN4O. The Balaban J connectivity index is 2.58. The first-order chi connectivity index (χ1) is 8.13. The molecule has 5 nitrogen and oxygen atoms in total. The Morgan fingerprint density at radius 3 is 3.00 bits per heavy atom. The van der Waals surface area contributed by atoms with Crippen molar-refractivity contribution in [3.05, 3.63) is 45.8 Å². The molecule has 0 aliphatic heterocycles. The molecule has 17 heavy (non-hydrogen) atoms. The van der Waals surface area contributed by atoms with Crippen molar-refractivity contribution in [2.24, 2.45) is 10.9 Å². The summed E-state index contributed by atoms with van der Waals surface area (Å²) in [6.45, 7) is 0. The third-order valence-corrected chi connectivity index (χ3v) is 2.93. The summed E-state index contributed by atoms with van der Waals surface area (Å²) in [4.78, 5) is 4.19. The van der Waals surface area contributed by atoms with Gasteiger partial charge in [0.1, 0.15) is 0 Å². The number of rotatable bonds is 2. The molecule has 2 aromatic heterocycles. The van der Waals surface area contributed by atoms with Gasteiger partial charge in [-0.1, -0.05) is 16.8 Å². The zero-order valence-corrected chi connectivity index (χ0v) is 10.9.